The Bertz CT molecular complexity index is 495. The van der Waals surface area contributed by atoms with E-state index in [4.69, 9.17) is 10.2 Å². The Labute approximate surface area is 148 Å². The van der Waals surface area contributed by atoms with Crippen molar-refractivity contribution in [3.05, 3.63) is 23.7 Å². The Balaban J connectivity index is 0.00000242. The Hall–Kier alpha value is -1.25. The highest BCUT2D eigenvalue weighted by Gasteiger charge is 2.14. The van der Waals surface area contributed by atoms with Gasteiger partial charge in [0, 0.05) is 12.6 Å². The van der Waals surface area contributed by atoms with Crippen LogP contribution in [0.25, 0.3) is 0 Å². The van der Waals surface area contributed by atoms with Crippen LogP contribution in [0.2, 0.25) is 0 Å². The van der Waals surface area contributed by atoms with Gasteiger partial charge in [-0.3, -0.25) is 4.79 Å². The van der Waals surface area contributed by atoms with Crippen molar-refractivity contribution in [2.75, 3.05) is 6.54 Å². The topological polar surface area (TPSA) is 92.6 Å². The van der Waals surface area contributed by atoms with Gasteiger partial charge in [-0.15, -0.1) is 24.0 Å². The third-order valence-electron chi connectivity index (χ3n) is 3.59. The number of carbonyl (C=O) groups excluding carboxylic acids is 1. The maximum Gasteiger partial charge on any atom is 0.284 e. The van der Waals surface area contributed by atoms with Crippen molar-refractivity contribution in [3.8, 4) is 0 Å². The number of rotatable bonds is 5. The molecule has 0 unspecified atom stereocenters. The van der Waals surface area contributed by atoms with Gasteiger partial charge in [0.15, 0.2) is 11.7 Å². The highest BCUT2D eigenvalue weighted by molar-refractivity contribution is 14.0. The second-order valence-electron chi connectivity index (χ2n) is 5.30. The van der Waals surface area contributed by atoms with E-state index in [1.54, 1.807) is 12.1 Å². The lowest BCUT2D eigenvalue weighted by molar-refractivity contribution is 0.0972. The summed E-state index contributed by atoms with van der Waals surface area (Å²) in [7, 11) is 0. The summed E-state index contributed by atoms with van der Waals surface area (Å²) in [5.74, 6) is 1.04. The molecule has 6 nitrogen and oxygen atoms in total. The van der Waals surface area contributed by atoms with Gasteiger partial charge in [0.1, 0.15) is 12.3 Å². The van der Waals surface area contributed by atoms with Gasteiger partial charge in [0.25, 0.3) is 5.91 Å². The van der Waals surface area contributed by atoms with Gasteiger partial charge in [-0.05, 0) is 31.9 Å². The van der Waals surface area contributed by atoms with E-state index in [0.717, 1.165) is 12.5 Å². The molecule has 0 spiro atoms. The number of nitrogens with two attached hydrogens (primary N) is 1. The van der Waals surface area contributed by atoms with E-state index in [1.165, 1.54) is 32.1 Å². The molecular weight excluding hydrogens is 395 g/mol. The maximum atomic E-state index is 11.0. The van der Waals surface area contributed by atoms with E-state index in [-0.39, 0.29) is 29.7 Å². The first-order chi connectivity index (χ1) is 10.2. The molecule has 124 valence electrons. The molecule has 0 bridgehead atoms. The number of carbonyl (C=O) groups is 1. The van der Waals surface area contributed by atoms with E-state index in [2.05, 4.69) is 15.6 Å². The van der Waals surface area contributed by atoms with Crippen LogP contribution in [0.15, 0.2) is 21.5 Å². The van der Waals surface area contributed by atoms with Crippen LogP contribution in [0.4, 0.5) is 0 Å². The molecule has 1 aromatic rings. The number of amides is 1. The van der Waals surface area contributed by atoms with Gasteiger partial charge >= 0.3 is 0 Å². The van der Waals surface area contributed by atoms with Crippen molar-refractivity contribution in [1.29, 1.82) is 0 Å². The Morgan fingerprint density at radius 2 is 2.09 bits per heavy atom. The maximum absolute atomic E-state index is 11.0. The lowest BCUT2D eigenvalue weighted by Crippen LogP contribution is -2.44. The van der Waals surface area contributed by atoms with E-state index >= 15 is 0 Å². The molecule has 0 aromatic carbocycles. The summed E-state index contributed by atoms with van der Waals surface area (Å²) in [5.41, 5.74) is 5.16. The summed E-state index contributed by atoms with van der Waals surface area (Å²) in [4.78, 5) is 15.5. The SMILES string of the molecule is CCNC(=NCc1ccc(C(N)=O)o1)NC1CCCCC1.I. The molecule has 0 aliphatic heterocycles. The van der Waals surface area contributed by atoms with Gasteiger partial charge < -0.3 is 20.8 Å². The minimum absolute atomic E-state index is 0. The van der Waals surface area contributed by atoms with Gasteiger partial charge in [0.05, 0.1) is 0 Å². The molecule has 1 aliphatic carbocycles. The Kier molecular flexibility index (Phi) is 8.29. The van der Waals surface area contributed by atoms with Crippen LogP contribution in [0.3, 0.4) is 0 Å². The van der Waals surface area contributed by atoms with E-state index in [0.29, 0.717) is 18.3 Å². The average Bonchev–Trinajstić information content (AvgIpc) is 2.95. The fourth-order valence-electron chi connectivity index (χ4n) is 2.51. The molecule has 1 amide bonds. The van der Waals surface area contributed by atoms with Crippen LogP contribution < -0.4 is 16.4 Å². The van der Waals surface area contributed by atoms with Crippen LogP contribution in [-0.2, 0) is 6.54 Å². The third kappa shape index (κ3) is 5.86. The fraction of sp³-hybridized carbons (Fsp3) is 0.600. The molecule has 1 aromatic heterocycles. The van der Waals surface area contributed by atoms with Crippen molar-refractivity contribution < 1.29 is 9.21 Å². The van der Waals surface area contributed by atoms with E-state index in [9.17, 15) is 4.79 Å². The average molecular weight is 420 g/mol. The van der Waals surface area contributed by atoms with Gasteiger partial charge in [0.2, 0.25) is 0 Å². The summed E-state index contributed by atoms with van der Waals surface area (Å²) >= 11 is 0. The highest BCUT2D eigenvalue weighted by atomic mass is 127. The quantitative estimate of drug-likeness (QED) is 0.388. The smallest absolute Gasteiger partial charge is 0.284 e. The molecule has 0 saturated heterocycles. The first-order valence-electron chi connectivity index (χ1n) is 7.62. The van der Waals surface area contributed by atoms with Crippen LogP contribution in [0, 0.1) is 0 Å². The predicted octanol–water partition coefficient (Wildman–Crippen LogP) is 2.38. The number of primary amides is 1. The Morgan fingerprint density at radius 3 is 2.68 bits per heavy atom. The number of halogens is 1. The predicted molar refractivity (Wildman–Crippen MR) is 97.5 cm³/mol. The summed E-state index contributed by atoms with van der Waals surface area (Å²) in [6.07, 6.45) is 6.26. The van der Waals surface area contributed by atoms with Gasteiger partial charge in [-0.25, -0.2) is 4.99 Å². The van der Waals surface area contributed by atoms with Crippen molar-refractivity contribution in [2.24, 2.45) is 10.7 Å². The van der Waals surface area contributed by atoms with E-state index < -0.39 is 5.91 Å². The first-order valence-corrected chi connectivity index (χ1v) is 7.62. The number of hydrogen-bond donors (Lipinski definition) is 3. The van der Waals surface area contributed by atoms with Crippen LogP contribution in [0.5, 0.6) is 0 Å². The zero-order valence-electron chi connectivity index (χ0n) is 12.9. The molecule has 7 heteroatoms. The number of nitrogens with zero attached hydrogens (tertiary/aromatic N) is 1. The molecule has 0 atom stereocenters. The standard InChI is InChI=1S/C15H24N4O2.HI/c1-2-17-15(19-11-6-4-3-5-7-11)18-10-12-8-9-13(21-12)14(16)20;/h8-9,11H,2-7,10H2,1H3,(H2,16,20)(H2,17,18,19);1H. The summed E-state index contributed by atoms with van der Waals surface area (Å²) < 4.78 is 5.33. The van der Waals surface area contributed by atoms with Crippen molar-refractivity contribution >= 4 is 35.8 Å². The second-order valence-corrected chi connectivity index (χ2v) is 5.30. The Morgan fingerprint density at radius 1 is 1.36 bits per heavy atom. The molecule has 22 heavy (non-hydrogen) atoms. The van der Waals surface area contributed by atoms with Crippen molar-refractivity contribution in [2.45, 2.75) is 51.6 Å². The highest BCUT2D eigenvalue weighted by Crippen LogP contribution is 2.17. The largest absolute Gasteiger partial charge is 0.454 e. The minimum Gasteiger partial charge on any atom is -0.454 e. The summed E-state index contributed by atoms with van der Waals surface area (Å²) in [6, 6.07) is 3.80. The van der Waals surface area contributed by atoms with Crippen molar-refractivity contribution in [3.63, 3.8) is 0 Å². The van der Waals surface area contributed by atoms with Crippen LogP contribution in [0.1, 0.15) is 55.3 Å². The number of hydrogen-bond acceptors (Lipinski definition) is 3. The molecule has 1 fully saturated rings. The minimum atomic E-state index is -0.558. The van der Waals surface area contributed by atoms with Crippen LogP contribution in [-0.4, -0.2) is 24.5 Å². The monoisotopic (exact) mass is 420 g/mol. The third-order valence-corrected chi connectivity index (χ3v) is 3.59. The molecule has 4 N–H and O–H groups in total. The first kappa shape index (κ1) is 18.8. The second kappa shape index (κ2) is 9.70. The lowest BCUT2D eigenvalue weighted by atomic mass is 9.96. The molecule has 1 heterocycles. The van der Waals surface area contributed by atoms with E-state index in [1.807, 2.05) is 6.92 Å². The van der Waals surface area contributed by atoms with Crippen LogP contribution >= 0.6 is 24.0 Å². The molecule has 1 saturated carbocycles. The molecular formula is C15H25IN4O2. The molecule has 2 rings (SSSR count). The molecule has 1 aliphatic rings. The number of aliphatic imine (C=N–C) groups is 1. The number of furan rings is 1. The van der Waals surface area contributed by atoms with Gasteiger partial charge in [-0.2, -0.15) is 0 Å². The molecule has 0 radical (unpaired) electrons. The lowest BCUT2D eigenvalue weighted by Gasteiger charge is -2.24. The zero-order valence-corrected chi connectivity index (χ0v) is 15.3. The normalized spacial score (nSPS) is 16.0. The fourth-order valence-corrected chi connectivity index (χ4v) is 2.51. The zero-order chi connectivity index (χ0) is 15.1. The summed E-state index contributed by atoms with van der Waals surface area (Å²) in [6.45, 7) is 3.23. The van der Waals surface area contributed by atoms with Crippen molar-refractivity contribution in [1.82, 2.24) is 10.6 Å². The number of guanidine groups is 1. The number of nitrogens with one attached hydrogen (secondary N) is 2. The van der Waals surface area contributed by atoms with Gasteiger partial charge in [-0.1, -0.05) is 19.3 Å². The summed E-state index contributed by atoms with van der Waals surface area (Å²) in [5, 5.41) is 6.70.